The lowest BCUT2D eigenvalue weighted by atomic mass is 10.1. The molecule has 3 heterocycles. The molecule has 4 aromatic rings. The molecular formula is C17H15N5OS2. The Kier molecular flexibility index (Phi) is 4.37. The highest BCUT2D eigenvalue weighted by Crippen LogP contribution is 2.27. The van der Waals surface area contributed by atoms with Gasteiger partial charge in [0.2, 0.25) is 11.0 Å². The molecule has 0 N–H and O–H groups in total. The van der Waals surface area contributed by atoms with Gasteiger partial charge in [-0.2, -0.15) is 4.68 Å². The summed E-state index contributed by atoms with van der Waals surface area (Å²) in [5, 5.41) is 14.8. The molecule has 0 aliphatic carbocycles. The van der Waals surface area contributed by atoms with Crippen molar-refractivity contribution < 1.29 is 4.42 Å². The van der Waals surface area contributed by atoms with Gasteiger partial charge in [-0.25, -0.2) is 4.98 Å². The molecule has 4 rings (SSSR count). The third-order valence-corrected chi connectivity index (χ3v) is 5.34. The standard InChI is InChI=1S/C17H15N5OS2/c1-11-6-12(2)8-14(7-11)22-17(19-20-21-22)25-10-13-9-23-16(18-13)15-4-3-5-24-15/h3-9H,10H2,1-2H3. The molecule has 3 aromatic heterocycles. The molecule has 6 nitrogen and oxygen atoms in total. The van der Waals surface area contributed by atoms with E-state index >= 15 is 0 Å². The molecule has 0 atom stereocenters. The smallest absolute Gasteiger partial charge is 0.236 e. The van der Waals surface area contributed by atoms with Crippen LogP contribution in [0.1, 0.15) is 16.8 Å². The van der Waals surface area contributed by atoms with E-state index in [0.717, 1.165) is 21.4 Å². The van der Waals surface area contributed by atoms with Crippen LogP contribution in [-0.2, 0) is 5.75 Å². The molecule has 0 aliphatic heterocycles. The first-order valence-electron chi connectivity index (χ1n) is 7.67. The van der Waals surface area contributed by atoms with E-state index in [9.17, 15) is 0 Å². The van der Waals surface area contributed by atoms with Crippen molar-refractivity contribution in [2.45, 2.75) is 24.8 Å². The normalized spacial score (nSPS) is 11.1. The van der Waals surface area contributed by atoms with Crippen LogP contribution in [0.25, 0.3) is 16.5 Å². The fourth-order valence-corrected chi connectivity index (χ4v) is 3.95. The predicted molar refractivity (Wildman–Crippen MR) is 98.0 cm³/mol. The predicted octanol–water partition coefficient (Wildman–Crippen LogP) is 4.29. The highest BCUT2D eigenvalue weighted by Gasteiger charge is 2.13. The van der Waals surface area contributed by atoms with E-state index in [4.69, 9.17) is 4.42 Å². The molecule has 0 bridgehead atoms. The number of tetrazole rings is 1. The summed E-state index contributed by atoms with van der Waals surface area (Å²) < 4.78 is 7.31. The van der Waals surface area contributed by atoms with Gasteiger partial charge in [0.05, 0.1) is 16.3 Å². The molecule has 0 fully saturated rings. The van der Waals surface area contributed by atoms with Gasteiger partial charge in [-0.3, -0.25) is 0 Å². The zero-order valence-electron chi connectivity index (χ0n) is 13.7. The summed E-state index contributed by atoms with van der Waals surface area (Å²) in [5.74, 6) is 1.29. The number of oxazole rings is 1. The van der Waals surface area contributed by atoms with Crippen LogP contribution in [0, 0.1) is 13.8 Å². The maximum absolute atomic E-state index is 5.55. The first-order chi connectivity index (χ1) is 12.2. The number of benzene rings is 1. The lowest BCUT2D eigenvalue weighted by Crippen LogP contribution is -2.00. The first-order valence-corrected chi connectivity index (χ1v) is 9.54. The van der Waals surface area contributed by atoms with Crippen molar-refractivity contribution in [1.29, 1.82) is 0 Å². The van der Waals surface area contributed by atoms with Crippen molar-refractivity contribution in [1.82, 2.24) is 25.2 Å². The minimum atomic E-state index is 0.639. The van der Waals surface area contributed by atoms with Crippen LogP contribution < -0.4 is 0 Å². The lowest BCUT2D eigenvalue weighted by molar-refractivity contribution is 0.575. The van der Waals surface area contributed by atoms with E-state index in [-0.39, 0.29) is 0 Å². The van der Waals surface area contributed by atoms with E-state index in [0.29, 0.717) is 11.6 Å². The minimum Gasteiger partial charge on any atom is -0.444 e. The number of nitrogens with zero attached hydrogens (tertiary/aromatic N) is 5. The molecule has 0 amide bonds. The van der Waals surface area contributed by atoms with Crippen LogP contribution in [0.15, 0.2) is 51.5 Å². The Balaban J connectivity index is 1.52. The third kappa shape index (κ3) is 3.49. The Morgan fingerprint density at radius 1 is 1.20 bits per heavy atom. The van der Waals surface area contributed by atoms with Gasteiger partial charge in [0.1, 0.15) is 6.26 Å². The molecule has 25 heavy (non-hydrogen) atoms. The fourth-order valence-electron chi connectivity index (χ4n) is 2.53. The Morgan fingerprint density at radius 3 is 2.80 bits per heavy atom. The van der Waals surface area contributed by atoms with Gasteiger partial charge in [0, 0.05) is 5.75 Å². The number of aryl methyl sites for hydroxylation is 2. The zero-order valence-corrected chi connectivity index (χ0v) is 15.3. The zero-order chi connectivity index (χ0) is 17.2. The number of hydrogen-bond acceptors (Lipinski definition) is 7. The topological polar surface area (TPSA) is 69.6 Å². The molecule has 8 heteroatoms. The summed E-state index contributed by atoms with van der Waals surface area (Å²) in [6.07, 6.45) is 1.69. The number of hydrogen-bond donors (Lipinski definition) is 0. The van der Waals surface area contributed by atoms with Crippen LogP contribution >= 0.6 is 23.1 Å². The second kappa shape index (κ2) is 6.81. The minimum absolute atomic E-state index is 0.639. The number of rotatable bonds is 5. The summed E-state index contributed by atoms with van der Waals surface area (Å²) in [5.41, 5.74) is 4.19. The summed E-state index contributed by atoms with van der Waals surface area (Å²) in [6.45, 7) is 4.13. The quantitative estimate of drug-likeness (QED) is 0.489. The number of thioether (sulfide) groups is 1. The maximum Gasteiger partial charge on any atom is 0.236 e. The Morgan fingerprint density at radius 2 is 2.04 bits per heavy atom. The largest absolute Gasteiger partial charge is 0.444 e. The van der Waals surface area contributed by atoms with Gasteiger partial charge in [-0.05, 0) is 59.0 Å². The van der Waals surface area contributed by atoms with Crippen LogP contribution in [0.3, 0.4) is 0 Å². The van der Waals surface area contributed by atoms with Crippen LogP contribution in [0.5, 0.6) is 0 Å². The van der Waals surface area contributed by atoms with E-state index in [1.165, 1.54) is 22.9 Å². The van der Waals surface area contributed by atoms with Crippen molar-refractivity contribution in [3.63, 3.8) is 0 Å². The van der Waals surface area contributed by atoms with Gasteiger partial charge < -0.3 is 4.42 Å². The number of aromatic nitrogens is 5. The molecule has 0 saturated heterocycles. The average molecular weight is 369 g/mol. The van der Waals surface area contributed by atoms with Crippen LogP contribution in [-0.4, -0.2) is 25.2 Å². The van der Waals surface area contributed by atoms with Crippen molar-refractivity contribution in [3.8, 4) is 16.5 Å². The van der Waals surface area contributed by atoms with E-state index < -0.39 is 0 Å². The summed E-state index contributed by atoms with van der Waals surface area (Å²) in [4.78, 5) is 5.55. The van der Waals surface area contributed by atoms with Crippen molar-refractivity contribution in [2.75, 3.05) is 0 Å². The first kappa shape index (κ1) is 16.0. The fraction of sp³-hybridized carbons (Fsp3) is 0.176. The monoisotopic (exact) mass is 369 g/mol. The lowest BCUT2D eigenvalue weighted by Gasteiger charge is -2.06. The van der Waals surface area contributed by atoms with Gasteiger partial charge in [0.15, 0.2) is 0 Å². The molecule has 0 unspecified atom stereocenters. The highest BCUT2D eigenvalue weighted by molar-refractivity contribution is 7.98. The van der Waals surface area contributed by atoms with Crippen molar-refractivity contribution >= 4 is 23.1 Å². The Bertz CT molecular complexity index is 970. The summed E-state index contributed by atoms with van der Waals surface area (Å²) in [7, 11) is 0. The molecule has 0 aliphatic rings. The number of thiophene rings is 1. The Labute approximate surface area is 152 Å². The molecular weight excluding hydrogens is 354 g/mol. The van der Waals surface area contributed by atoms with Crippen molar-refractivity contribution in [3.05, 3.63) is 58.8 Å². The van der Waals surface area contributed by atoms with Gasteiger partial charge in [-0.15, -0.1) is 16.4 Å². The van der Waals surface area contributed by atoms with Gasteiger partial charge in [0.25, 0.3) is 0 Å². The van der Waals surface area contributed by atoms with E-state index in [1.54, 1.807) is 22.3 Å². The van der Waals surface area contributed by atoms with Crippen molar-refractivity contribution in [2.24, 2.45) is 0 Å². The van der Waals surface area contributed by atoms with Crippen LogP contribution in [0.2, 0.25) is 0 Å². The molecule has 1 aromatic carbocycles. The average Bonchev–Trinajstić information content (AvgIpc) is 3.32. The van der Waals surface area contributed by atoms with E-state index in [2.05, 4.69) is 52.6 Å². The summed E-state index contributed by atoms with van der Waals surface area (Å²) in [6, 6.07) is 10.2. The summed E-state index contributed by atoms with van der Waals surface area (Å²) >= 11 is 3.14. The van der Waals surface area contributed by atoms with Gasteiger partial charge in [-0.1, -0.05) is 23.9 Å². The molecule has 0 spiro atoms. The van der Waals surface area contributed by atoms with Gasteiger partial charge >= 0.3 is 0 Å². The SMILES string of the molecule is Cc1cc(C)cc(-n2nnnc2SCc2coc(-c3cccs3)n2)c1. The Hall–Kier alpha value is -2.45. The molecule has 126 valence electrons. The molecule has 0 saturated carbocycles. The maximum atomic E-state index is 5.55. The highest BCUT2D eigenvalue weighted by atomic mass is 32.2. The second-order valence-corrected chi connectivity index (χ2v) is 7.52. The third-order valence-electron chi connectivity index (χ3n) is 3.52. The van der Waals surface area contributed by atoms with E-state index in [1.807, 2.05) is 17.5 Å². The second-order valence-electron chi connectivity index (χ2n) is 5.63. The van der Waals surface area contributed by atoms with Crippen LogP contribution in [0.4, 0.5) is 0 Å². The molecule has 0 radical (unpaired) electrons.